The quantitative estimate of drug-likeness (QED) is 0.190. The first-order valence-electron chi connectivity index (χ1n) is 17.9. The lowest BCUT2D eigenvalue weighted by atomic mass is 9.75. The number of aliphatic imine (C=N–C) groups is 1. The number of carbonyl (C=O) groups excluding carboxylic acids is 2. The molecule has 9 atom stereocenters. The second-order valence-electron chi connectivity index (χ2n) is 14.2. The number of hydrogen-bond acceptors (Lipinski definition) is 8. The monoisotopic (exact) mass is 641 g/mol. The first-order valence-corrected chi connectivity index (χ1v) is 17.9. The molecule has 256 valence electrons. The van der Waals surface area contributed by atoms with Crippen molar-refractivity contribution in [2.45, 2.75) is 128 Å². The highest BCUT2D eigenvalue weighted by atomic mass is 16.5. The summed E-state index contributed by atoms with van der Waals surface area (Å²) >= 11 is 0. The topological polar surface area (TPSA) is 134 Å². The van der Waals surface area contributed by atoms with Gasteiger partial charge in [-0.3, -0.25) is 14.9 Å². The van der Waals surface area contributed by atoms with Gasteiger partial charge in [0.25, 0.3) is 0 Å². The summed E-state index contributed by atoms with van der Waals surface area (Å²) in [5.74, 6) is 8.02. The normalized spacial score (nSPS) is 35.0. The minimum absolute atomic E-state index is 0.0703. The number of ether oxygens (including phenoxy) is 2. The molecule has 0 aromatic rings. The molecule has 2 bridgehead atoms. The van der Waals surface area contributed by atoms with Crippen LogP contribution in [0.5, 0.6) is 0 Å². The highest BCUT2D eigenvalue weighted by molar-refractivity contribution is 5.84. The predicted octanol–water partition coefficient (Wildman–Crippen LogP) is 3.48. The maximum Gasteiger partial charge on any atom is 0.302 e. The zero-order valence-electron chi connectivity index (χ0n) is 28.4. The van der Waals surface area contributed by atoms with E-state index < -0.39 is 12.2 Å². The molecule has 0 aromatic heterocycles. The molecule has 1 saturated heterocycles. The van der Waals surface area contributed by atoms with Gasteiger partial charge < -0.3 is 25.0 Å². The summed E-state index contributed by atoms with van der Waals surface area (Å²) in [4.78, 5) is 30.2. The molecular formula is C37H59N3O6+2. The second-order valence-corrected chi connectivity index (χ2v) is 14.2. The molecule has 5 unspecified atom stereocenters. The number of allylic oxidation sites excluding steroid dienone is 1. The molecule has 9 nitrogen and oxygen atoms in total. The van der Waals surface area contributed by atoms with Crippen LogP contribution in [-0.2, 0) is 19.1 Å². The summed E-state index contributed by atoms with van der Waals surface area (Å²) in [5, 5.41) is 26.2. The maximum atomic E-state index is 13.6. The van der Waals surface area contributed by atoms with Crippen LogP contribution in [0.4, 0.5) is 0 Å². The summed E-state index contributed by atoms with van der Waals surface area (Å²) < 4.78 is 11.3. The third-order valence-electron chi connectivity index (χ3n) is 10.9. The number of quaternary nitrogens is 1. The fraction of sp³-hybridized carbons (Fsp3) is 0.784. The lowest BCUT2D eigenvalue weighted by Crippen LogP contribution is -2.95. The maximum absolute atomic E-state index is 13.6. The first-order chi connectivity index (χ1) is 22.3. The van der Waals surface area contributed by atoms with Crippen molar-refractivity contribution in [2.75, 3.05) is 26.8 Å². The standard InChI is InChI=1S/C37H58N3O6/c1-4-26-9-11-34(46-25(2)42)22-33(43)19-28(29-10-12-35(44)36(20-29)45-3)7-5-14-39-37-21-30(13-15-40-37)27(8-6-16-41)18-32-24-38-23-31(32)17-26/h23-24,26-30,34-37,39-41,44H,4,6,8-22H2,1-3H3/q+1/p+1/t26-,27+,28-,29?,30?,34+,35?,36?,37?/m0/s1. The number of aliphatic hydroxyl groups excluding tert-OH is 2. The zero-order chi connectivity index (χ0) is 32.9. The lowest BCUT2D eigenvalue weighted by Gasteiger charge is -2.35. The van der Waals surface area contributed by atoms with Gasteiger partial charge in [-0.2, -0.15) is 0 Å². The molecule has 4 rings (SSSR count). The minimum Gasteiger partial charge on any atom is -0.462 e. The molecule has 9 heteroatoms. The van der Waals surface area contributed by atoms with Crippen molar-refractivity contribution in [1.82, 2.24) is 5.32 Å². The number of rotatable bonds is 7. The van der Waals surface area contributed by atoms with Crippen LogP contribution in [-0.4, -0.2) is 79.5 Å². The van der Waals surface area contributed by atoms with E-state index in [1.807, 2.05) is 12.8 Å². The molecule has 1 saturated carbocycles. The summed E-state index contributed by atoms with van der Waals surface area (Å²) in [5.41, 5.74) is 2.63. The van der Waals surface area contributed by atoms with E-state index in [2.05, 4.69) is 34.4 Å². The number of piperidine rings is 1. The second kappa shape index (κ2) is 18.9. The predicted molar refractivity (Wildman–Crippen MR) is 178 cm³/mol. The van der Waals surface area contributed by atoms with Gasteiger partial charge >= 0.3 is 5.97 Å². The number of ketones is 1. The molecule has 0 amide bonds. The highest BCUT2D eigenvalue weighted by Crippen LogP contribution is 2.37. The van der Waals surface area contributed by atoms with Gasteiger partial charge in [0.1, 0.15) is 30.2 Å². The molecule has 2 fully saturated rings. The van der Waals surface area contributed by atoms with Gasteiger partial charge in [-0.1, -0.05) is 25.2 Å². The molecule has 3 heterocycles. The molecule has 5 N–H and O–H groups in total. The minimum atomic E-state index is -0.491. The largest absolute Gasteiger partial charge is 0.462 e. The van der Waals surface area contributed by atoms with Crippen molar-refractivity contribution in [1.29, 1.82) is 0 Å². The third-order valence-corrected chi connectivity index (χ3v) is 10.9. The van der Waals surface area contributed by atoms with Crippen molar-refractivity contribution in [3.8, 4) is 11.8 Å². The van der Waals surface area contributed by atoms with Crippen LogP contribution < -0.4 is 10.6 Å². The van der Waals surface area contributed by atoms with Crippen molar-refractivity contribution < 1.29 is 34.6 Å². The molecule has 1 aliphatic carbocycles. The smallest absolute Gasteiger partial charge is 0.302 e. The Hall–Kier alpha value is -2.22. The Balaban J connectivity index is 1.58. The number of fused-ring (bicyclic) bond motifs is 2. The molecule has 0 spiro atoms. The van der Waals surface area contributed by atoms with Gasteiger partial charge in [0.15, 0.2) is 6.21 Å². The van der Waals surface area contributed by atoms with Crippen LogP contribution in [0.1, 0.15) is 104 Å². The summed E-state index contributed by atoms with van der Waals surface area (Å²) in [6.07, 6.45) is 12.2. The van der Waals surface area contributed by atoms with Crippen LogP contribution in [0.2, 0.25) is 0 Å². The highest BCUT2D eigenvalue weighted by Gasteiger charge is 2.36. The van der Waals surface area contributed by atoms with Crippen LogP contribution in [0.25, 0.3) is 0 Å². The van der Waals surface area contributed by atoms with Gasteiger partial charge in [-0.05, 0) is 75.0 Å². The van der Waals surface area contributed by atoms with Crippen molar-refractivity contribution in [3.05, 3.63) is 17.7 Å². The molecule has 46 heavy (non-hydrogen) atoms. The summed E-state index contributed by atoms with van der Waals surface area (Å²) in [6.45, 7) is 7.50. The van der Waals surface area contributed by atoms with Gasteiger partial charge in [-0.25, -0.2) is 0 Å². The van der Waals surface area contributed by atoms with Crippen molar-refractivity contribution >= 4 is 18.0 Å². The Labute approximate surface area is 276 Å². The zero-order valence-corrected chi connectivity index (χ0v) is 28.4. The van der Waals surface area contributed by atoms with E-state index in [0.29, 0.717) is 50.0 Å². The average Bonchev–Trinajstić information content (AvgIpc) is 3.48. The van der Waals surface area contributed by atoms with Crippen LogP contribution >= 0.6 is 0 Å². The number of Topliss-reactive ketones (excluding diaryl/α,β-unsaturated/α-hetero) is 1. The third kappa shape index (κ3) is 11.2. The van der Waals surface area contributed by atoms with Gasteiger partial charge in [-0.15, -0.1) is 4.99 Å². The van der Waals surface area contributed by atoms with Gasteiger partial charge in [0.2, 0.25) is 0 Å². The summed E-state index contributed by atoms with van der Waals surface area (Å²) in [6, 6.07) is 0. The first kappa shape index (κ1) is 36.6. The number of carbonyl (C=O) groups is 2. The Morgan fingerprint density at radius 3 is 2.74 bits per heavy atom. The Bertz CT molecular complexity index is 1110. The van der Waals surface area contributed by atoms with E-state index >= 15 is 0 Å². The SMILES string of the molecule is CC[C@H]1CC[C@@H](OC(C)=O)CC(=O)C[C@@H](C2CCC(O)C(OC)C2)C#CCNC2CC(CC[NH2+]2)[C@H](CCCO)CC2=C(C=N[CH+]2)C1. The number of aliphatic hydroxyl groups is 2. The Kier molecular flexibility index (Phi) is 15.1. The fourth-order valence-corrected chi connectivity index (χ4v) is 8.20. The van der Waals surface area contributed by atoms with E-state index in [1.165, 1.54) is 18.1 Å². The van der Waals surface area contributed by atoms with Gasteiger partial charge in [0, 0.05) is 58.7 Å². The molecule has 0 aromatic carbocycles. The van der Waals surface area contributed by atoms with E-state index in [-0.39, 0.29) is 48.9 Å². The Morgan fingerprint density at radius 1 is 1.13 bits per heavy atom. The fourth-order valence-electron chi connectivity index (χ4n) is 8.20. The molecule has 3 aliphatic heterocycles. The number of hydrogen-bond donors (Lipinski definition) is 4. The van der Waals surface area contributed by atoms with E-state index in [4.69, 9.17) is 9.47 Å². The summed E-state index contributed by atoms with van der Waals surface area (Å²) in [7, 11) is 1.63. The molecule has 4 aliphatic rings. The average molecular weight is 642 g/mol. The lowest BCUT2D eigenvalue weighted by molar-refractivity contribution is -0.705. The van der Waals surface area contributed by atoms with E-state index in [1.54, 1.807) is 7.11 Å². The number of nitrogens with two attached hydrogens (primary N) is 1. The number of esters is 1. The number of nitrogens with zero attached hydrogens (tertiary/aromatic N) is 1. The van der Waals surface area contributed by atoms with Gasteiger partial charge in [0.05, 0.1) is 30.9 Å². The molecular weight excluding hydrogens is 582 g/mol. The van der Waals surface area contributed by atoms with Crippen LogP contribution in [0, 0.1) is 48.0 Å². The number of nitrogens with one attached hydrogen (secondary N) is 1. The van der Waals surface area contributed by atoms with Crippen molar-refractivity contribution in [2.24, 2.45) is 34.6 Å². The van der Waals surface area contributed by atoms with E-state index in [9.17, 15) is 19.8 Å². The van der Waals surface area contributed by atoms with Crippen molar-refractivity contribution in [3.63, 3.8) is 0 Å². The van der Waals surface area contributed by atoms with Crippen LogP contribution in [0.15, 0.2) is 16.1 Å². The molecule has 0 radical (unpaired) electrons. The Morgan fingerprint density at radius 2 is 1.98 bits per heavy atom. The van der Waals surface area contributed by atoms with Crippen LogP contribution in [0.3, 0.4) is 0 Å². The number of methoxy groups -OCH3 is 1. The van der Waals surface area contributed by atoms with E-state index in [0.717, 1.165) is 64.3 Å².